The molecule has 110 valence electrons. The van der Waals surface area contributed by atoms with Gasteiger partial charge in [0.15, 0.2) is 0 Å². The summed E-state index contributed by atoms with van der Waals surface area (Å²) >= 11 is 0. The number of ether oxygens (including phenoxy) is 1. The molecule has 0 aromatic heterocycles. The molecule has 3 nitrogen and oxygen atoms in total. The number of benzene rings is 1. The number of hydrogen-bond acceptors (Lipinski definition) is 3. The van der Waals surface area contributed by atoms with Crippen LogP contribution in [0.25, 0.3) is 0 Å². The number of nitrogens with one attached hydrogen (secondary N) is 1. The van der Waals surface area contributed by atoms with Crippen LogP contribution in [0.15, 0.2) is 18.2 Å². The van der Waals surface area contributed by atoms with Crippen LogP contribution in [0.2, 0.25) is 0 Å². The molecule has 1 fully saturated rings. The van der Waals surface area contributed by atoms with Gasteiger partial charge < -0.3 is 15.0 Å². The zero-order valence-corrected chi connectivity index (χ0v) is 12.7. The summed E-state index contributed by atoms with van der Waals surface area (Å²) in [4.78, 5) is 2.57. The number of anilines is 1. The first-order chi connectivity index (χ1) is 9.78. The Kier molecular flexibility index (Phi) is 4.27. The topological polar surface area (TPSA) is 24.5 Å². The molecule has 3 heteroatoms. The molecular formula is C17H26N2O. The minimum absolute atomic E-state index is 0.524. The van der Waals surface area contributed by atoms with Crippen LogP contribution in [0, 0.1) is 12.8 Å². The Balaban J connectivity index is 1.73. The van der Waals surface area contributed by atoms with E-state index in [4.69, 9.17) is 4.74 Å². The van der Waals surface area contributed by atoms with E-state index in [-0.39, 0.29) is 0 Å². The number of fused-ring (bicyclic) bond motifs is 1. The number of likely N-dealkylation sites (N-methyl/N-ethyl adjacent to an activating group) is 1. The van der Waals surface area contributed by atoms with E-state index < -0.39 is 0 Å². The van der Waals surface area contributed by atoms with Gasteiger partial charge >= 0.3 is 0 Å². The van der Waals surface area contributed by atoms with Crippen LogP contribution in [-0.2, 0) is 11.2 Å². The van der Waals surface area contributed by atoms with Crippen LogP contribution in [0.1, 0.15) is 24.5 Å². The van der Waals surface area contributed by atoms with Gasteiger partial charge in [0.1, 0.15) is 0 Å². The van der Waals surface area contributed by atoms with Crippen molar-refractivity contribution in [2.75, 3.05) is 37.7 Å². The quantitative estimate of drug-likeness (QED) is 0.912. The van der Waals surface area contributed by atoms with Gasteiger partial charge in [0.25, 0.3) is 0 Å². The van der Waals surface area contributed by atoms with Crippen molar-refractivity contribution in [1.82, 2.24) is 5.32 Å². The van der Waals surface area contributed by atoms with Crippen molar-refractivity contribution in [3.63, 3.8) is 0 Å². The number of aryl methyl sites for hydroxylation is 2. The molecule has 1 N–H and O–H groups in total. The Hall–Kier alpha value is -1.06. The molecule has 0 aliphatic carbocycles. The highest BCUT2D eigenvalue weighted by Crippen LogP contribution is 2.29. The summed E-state index contributed by atoms with van der Waals surface area (Å²) in [7, 11) is 0. The number of rotatable bonds is 4. The normalized spacial score (nSPS) is 25.8. The molecule has 0 radical (unpaired) electrons. The van der Waals surface area contributed by atoms with Gasteiger partial charge in [0.2, 0.25) is 0 Å². The summed E-state index contributed by atoms with van der Waals surface area (Å²) in [5.74, 6) is 0.613. The van der Waals surface area contributed by atoms with Crippen molar-refractivity contribution in [2.24, 2.45) is 5.92 Å². The zero-order valence-electron chi connectivity index (χ0n) is 12.7. The molecule has 0 spiro atoms. The molecule has 2 aliphatic rings. The van der Waals surface area contributed by atoms with Crippen molar-refractivity contribution >= 4 is 5.69 Å². The fourth-order valence-electron chi connectivity index (χ4n) is 3.54. The predicted octanol–water partition coefficient (Wildman–Crippen LogP) is 2.37. The second-order valence-electron chi connectivity index (χ2n) is 6.14. The van der Waals surface area contributed by atoms with Gasteiger partial charge in [-0.2, -0.15) is 0 Å². The van der Waals surface area contributed by atoms with Gasteiger partial charge in [-0.1, -0.05) is 24.6 Å². The first kappa shape index (κ1) is 13.9. The molecule has 2 atom stereocenters. The Morgan fingerprint density at radius 2 is 2.25 bits per heavy atom. The number of nitrogens with zero attached hydrogens (tertiary/aromatic N) is 1. The lowest BCUT2D eigenvalue weighted by molar-refractivity contribution is 0.183. The molecule has 0 amide bonds. The highest BCUT2D eigenvalue weighted by Gasteiger charge is 2.30. The van der Waals surface area contributed by atoms with Gasteiger partial charge in [0, 0.05) is 30.7 Å². The summed E-state index contributed by atoms with van der Waals surface area (Å²) < 4.78 is 5.68. The lowest BCUT2D eigenvalue weighted by atomic mass is 9.96. The Morgan fingerprint density at radius 1 is 1.35 bits per heavy atom. The lowest BCUT2D eigenvalue weighted by Crippen LogP contribution is -2.43. The first-order valence-corrected chi connectivity index (χ1v) is 7.93. The third-order valence-corrected chi connectivity index (χ3v) is 4.57. The van der Waals surface area contributed by atoms with Crippen LogP contribution < -0.4 is 10.2 Å². The van der Waals surface area contributed by atoms with Gasteiger partial charge in [-0.25, -0.2) is 0 Å². The fraction of sp³-hybridized carbons (Fsp3) is 0.647. The lowest BCUT2D eigenvalue weighted by Gasteiger charge is -2.34. The molecule has 1 aromatic rings. The molecule has 2 heterocycles. The minimum Gasteiger partial charge on any atom is -0.379 e. The summed E-state index contributed by atoms with van der Waals surface area (Å²) in [6.45, 7) is 9.46. The van der Waals surface area contributed by atoms with E-state index in [1.165, 1.54) is 36.2 Å². The van der Waals surface area contributed by atoms with Gasteiger partial charge in [0.05, 0.1) is 13.2 Å². The third kappa shape index (κ3) is 2.84. The fourth-order valence-corrected chi connectivity index (χ4v) is 3.54. The van der Waals surface area contributed by atoms with Crippen molar-refractivity contribution in [3.8, 4) is 0 Å². The van der Waals surface area contributed by atoms with E-state index in [9.17, 15) is 0 Å². The largest absolute Gasteiger partial charge is 0.379 e. The average molecular weight is 274 g/mol. The molecule has 0 bridgehead atoms. The highest BCUT2D eigenvalue weighted by atomic mass is 16.5. The van der Waals surface area contributed by atoms with Gasteiger partial charge in [-0.3, -0.25) is 0 Å². The highest BCUT2D eigenvalue weighted by molar-refractivity contribution is 5.56. The van der Waals surface area contributed by atoms with Crippen LogP contribution >= 0.6 is 0 Å². The van der Waals surface area contributed by atoms with E-state index in [1.807, 2.05) is 0 Å². The molecule has 0 saturated carbocycles. The monoisotopic (exact) mass is 274 g/mol. The van der Waals surface area contributed by atoms with Crippen LogP contribution in [0.3, 0.4) is 0 Å². The molecule has 3 rings (SSSR count). The summed E-state index contributed by atoms with van der Waals surface area (Å²) in [6.07, 6.45) is 2.50. The predicted molar refractivity (Wildman–Crippen MR) is 83.5 cm³/mol. The van der Waals surface area contributed by atoms with E-state index in [0.29, 0.717) is 12.0 Å². The van der Waals surface area contributed by atoms with Crippen molar-refractivity contribution in [2.45, 2.75) is 32.7 Å². The van der Waals surface area contributed by atoms with Gasteiger partial charge in [-0.15, -0.1) is 0 Å². The van der Waals surface area contributed by atoms with E-state index in [1.54, 1.807) is 0 Å². The standard InChI is InChI=1S/C17H26N2O/c1-3-18-16-12-20-11-15(16)10-19-8-4-5-14-9-13(2)6-7-17(14)19/h6-7,9,15-16,18H,3-5,8,10-12H2,1-2H3. The summed E-state index contributed by atoms with van der Waals surface area (Å²) in [5, 5.41) is 3.57. The van der Waals surface area contributed by atoms with Crippen molar-refractivity contribution < 1.29 is 4.74 Å². The maximum absolute atomic E-state index is 5.68. The maximum Gasteiger partial charge on any atom is 0.0624 e. The van der Waals surface area contributed by atoms with E-state index in [0.717, 1.165) is 26.3 Å². The second kappa shape index (κ2) is 6.15. The third-order valence-electron chi connectivity index (χ3n) is 4.57. The van der Waals surface area contributed by atoms with Crippen LogP contribution in [0.4, 0.5) is 5.69 Å². The first-order valence-electron chi connectivity index (χ1n) is 7.93. The molecule has 2 unspecified atom stereocenters. The van der Waals surface area contributed by atoms with Gasteiger partial charge in [-0.05, 0) is 37.9 Å². The van der Waals surface area contributed by atoms with Crippen LogP contribution in [0.5, 0.6) is 0 Å². The Labute approximate surface area is 122 Å². The average Bonchev–Trinajstić information content (AvgIpc) is 2.86. The molecule has 20 heavy (non-hydrogen) atoms. The SMILES string of the molecule is CCNC1COCC1CN1CCCc2cc(C)ccc21. The summed E-state index contributed by atoms with van der Waals surface area (Å²) in [5.41, 5.74) is 4.35. The van der Waals surface area contributed by atoms with Crippen molar-refractivity contribution in [3.05, 3.63) is 29.3 Å². The van der Waals surface area contributed by atoms with E-state index >= 15 is 0 Å². The Morgan fingerprint density at radius 3 is 3.10 bits per heavy atom. The Bertz CT molecular complexity index is 460. The molecule has 1 aromatic carbocycles. The zero-order chi connectivity index (χ0) is 13.9. The van der Waals surface area contributed by atoms with E-state index in [2.05, 4.69) is 42.3 Å². The molecule has 2 aliphatic heterocycles. The van der Waals surface area contributed by atoms with Crippen molar-refractivity contribution in [1.29, 1.82) is 0 Å². The van der Waals surface area contributed by atoms with Crippen LogP contribution in [-0.4, -0.2) is 38.9 Å². The second-order valence-corrected chi connectivity index (χ2v) is 6.14. The molecule has 1 saturated heterocycles. The maximum atomic E-state index is 5.68. The smallest absolute Gasteiger partial charge is 0.0624 e. The number of hydrogen-bond donors (Lipinski definition) is 1. The molecular weight excluding hydrogens is 248 g/mol. The minimum atomic E-state index is 0.524. The summed E-state index contributed by atoms with van der Waals surface area (Å²) in [6, 6.07) is 7.43.